The molecule has 0 saturated carbocycles. The number of aliphatic hydroxyl groups excluding tert-OH is 1. The highest BCUT2D eigenvalue weighted by molar-refractivity contribution is 5.86. The fourth-order valence-corrected chi connectivity index (χ4v) is 1.77. The molecule has 114 valence electrons. The van der Waals surface area contributed by atoms with E-state index in [0.29, 0.717) is 16.9 Å². The molecule has 0 heterocycles. The predicted molar refractivity (Wildman–Crippen MR) is 81.8 cm³/mol. The minimum absolute atomic E-state index is 0.0269. The zero-order valence-corrected chi connectivity index (χ0v) is 11.9. The van der Waals surface area contributed by atoms with Crippen molar-refractivity contribution >= 4 is 12.1 Å². The highest BCUT2D eigenvalue weighted by Crippen LogP contribution is 2.21. The number of phenols is 1. The van der Waals surface area contributed by atoms with Crippen LogP contribution in [0, 0.1) is 0 Å². The Morgan fingerprint density at radius 1 is 1.27 bits per heavy atom. The number of carbonyl (C=O) groups is 1. The van der Waals surface area contributed by atoms with Crippen LogP contribution in [0.1, 0.15) is 17.2 Å². The van der Waals surface area contributed by atoms with Gasteiger partial charge in [0.1, 0.15) is 11.5 Å². The summed E-state index contributed by atoms with van der Waals surface area (Å²) >= 11 is 0. The zero-order chi connectivity index (χ0) is 15.9. The number of hydrogen-bond acceptors (Lipinski definition) is 5. The fourth-order valence-electron chi connectivity index (χ4n) is 1.77. The summed E-state index contributed by atoms with van der Waals surface area (Å²) in [5.41, 5.74) is 3.11. The van der Waals surface area contributed by atoms with Crippen LogP contribution in [0.2, 0.25) is 0 Å². The molecule has 1 amide bonds. The summed E-state index contributed by atoms with van der Waals surface area (Å²) in [5, 5.41) is 23.3. The monoisotopic (exact) mass is 300 g/mol. The Kier molecular flexibility index (Phi) is 5.11. The number of hydrogen-bond donors (Lipinski definition) is 3. The smallest absolute Gasteiger partial charge is 0.273 e. The number of carbonyl (C=O) groups excluding carboxylic acids is 1. The molecule has 0 unspecified atom stereocenters. The Morgan fingerprint density at radius 2 is 2.00 bits per heavy atom. The van der Waals surface area contributed by atoms with Gasteiger partial charge < -0.3 is 14.9 Å². The Bertz CT molecular complexity index is 671. The lowest BCUT2D eigenvalue weighted by Crippen LogP contribution is -2.25. The van der Waals surface area contributed by atoms with E-state index in [2.05, 4.69) is 10.5 Å². The first-order valence-electron chi connectivity index (χ1n) is 6.54. The average Bonchev–Trinajstić information content (AvgIpc) is 2.56. The van der Waals surface area contributed by atoms with Crippen LogP contribution in [0.5, 0.6) is 11.5 Å². The van der Waals surface area contributed by atoms with Crippen molar-refractivity contribution in [1.82, 2.24) is 5.43 Å². The van der Waals surface area contributed by atoms with E-state index in [-0.39, 0.29) is 5.75 Å². The second kappa shape index (κ2) is 7.24. The summed E-state index contributed by atoms with van der Waals surface area (Å²) in [7, 11) is 1.49. The largest absolute Gasteiger partial charge is 0.507 e. The molecule has 0 aliphatic heterocycles. The van der Waals surface area contributed by atoms with Gasteiger partial charge in [-0.15, -0.1) is 0 Å². The molecule has 6 nitrogen and oxygen atoms in total. The van der Waals surface area contributed by atoms with E-state index in [1.807, 2.05) is 0 Å². The number of aliphatic hydroxyl groups is 1. The van der Waals surface area contributed by atoms with Crippen LogP contribution < -0.4 is 10.2 Å². The number of methoxy groups -OCH3 is 1. The van der Waals surface area contributed by atoms with Crippen molar-refractivity contribution in [3.8, 4) is 11.5 Å². The minimum atomic E-state index is -1.30. The first-order chi connectivity index (χ1) is 10.6. The maximum absolute atomic E-state index is 11.8. The number of ether oxygens (including phenoxy) is 1. The second-order valence-electron chi connectivity index (χ2n) is 4.47. The van der Waals surface area contributed by atoms with Gasteiger partial charge in [0, 0.05) is 11.6 Å². The Morgan fingerprint density at radius 3 is 2.64 bits per heavy atom. The number of rotatable bonds is 5. The number of aromatic hydroxyl groups is 1. The molecular weight excluding hydrogens is 284 g/mol. The van der Waals surface area contributed by atoms with Gasteiger partial charge in [-0.05, 0) is 17.7 Å². The average molecular weight is 300 g/mol. The third-order valence-corrected chi connectivity index (χ3v) is 2.98. The van der Waals surface area contributed by atoms with Gasteiger partial charge in [-0.25, -0.2) is 5.43 Å². The SMILES string of the molecule is COc1ccc(/C=N/NC(=O)[C@H](O)c2ccccc2)c(O)c1. The van der Waals surface area contributed by atoms with E-state index in [9.17, 15) is 15.0 Å². The van der Waals surface area contributed by atoms with Crippen molar-refractivity contribution in [1.29, 1.82) is 0 Å². The van der Waals surface area contributed by atoms with Gasteiger partial charge in [0.15, 0.2) is 6.10 Å². The molecule has 2 rings (SSSR count). The van der Waals surface area contributed by atoms with Gasteiger partial charge in [0.2, 0.25) is 0 Å². The third kappa shape index (κ3) is 3.83. The Balaban J connectivity index is 1.99. The van der Waals surface area contributed by atoms with Gasteiger partial charge in [-0.3, -0.25) is 4.79 Å². The van der Waals surface area contributed by atoms with Gasteiger partial charge in [0.05, 0.1) is 13.3 Å². The molecule has 6 heteroatoms. The van der Waals surface area contributed by atoms with Crippen molar-refractivity contribution in [2.75, 3.05) is 7.11 Å². The van der Waals surface area contributed by atoms with Crippen LogP contribution >= 0.6 is 0 Å². The number of amides is 1. The van der Waals surface area contributed by atoms with E-state index in [4.69, 9.17) is 4.74 Å². The van der Waals surface area contributed by atoms with E-state index >= 15 is 0 Å². The maximum atomic E-state index is 11.8. The topological polar surface area (TPSA) is 91.2 Å². The summed E-state index contributed by atoms with van der Waals surface area (Å²) in [6.45, 7) is 0. The predicted octanol–water partition coefficient (Wildman–Crippen LogP) is 1.58. The lowest BCUT2D eigenvalue weighted by molar-refractivity contribution is -0.129. The number of phenolic OH excluding ortho intramolecular Hbond substituents is 1. The number of nitrogens with zero attached hydrogens (tertiary/aromatic N) is 1. The van der Waals surface area contributed by atoms with Gasteiger partial charge in [-0.2, -0.15) is 5.10 Å². The van der Waals surface area contributed by atoms with Crippen LogP contribution in [0.25, 0.3) is 0 Å². The van der Waals surface area contributed by atoms with Crippen LogP contribution in [0.3, 0.4) is 0 Å². The molecule has 0 aliphatic carbocycles. The molecule has 1 atom stereocenters. The summed E-state index contributed by atoms with van der Waals surface area (Å²) in [6, 6.07) is 13.2. The van der Waals surface area contributed by atoms with Gasteiger partial charge in [-0.1, -0.05) is 30.3 Å². The number of nitrogens with one attached hydrogen (secondary N) is 1. The zero-order valence-electron chi connectivity index (χ0n) is 11.9. The first-order valence-corrected chi connectivity index (χ1v) is 6.54. The molecule has 0 aliphatic rings. The molecule has 0 aromatic heterocycles. The van der Waals surface area contributed by atoms with Gasteiger partial charge >= 0.3 is 0 Å². The third-order valence-electron chi connectivity index (χ3n) is 2.98. The highest BCUT2D eigenvalue weighted by Gasteiger charge is 2.15. The van der Waals surface area contributed by atoms with Crippen molar-refractivity contribution < 1.29 is 19.7 Å². The number of hydrazone groups is 1. The van der Waals surface area contributed by atoms with Crippen LogP contribution in [-0.2, 0) is 4.79 Å². The molecular formula is C16H16N2O4. The molecule has 0 spiro atoms. The van der Waals surface area contributed by atoms with E-state index in [0.717, 1.165) is 0 Å². The lowest BCUT2D eigenvalue weighted by Gasteiger charge is -2.08. The lowest BCUT2D eigenvalue weighted by atomic mass is 10.1. The van der Waals surface area contributed by atoms with Crippen molar-refractivity contribution in [2.24, 2.45) is 5.10 Å². The molecule has 0 bridgehead atoms. The van der Waals surface area contributed by atoms with E-state index in [1.165, 1.54) is 19.4 Å². The van der Waals surface area contributed by atoms with Crippen LogP contribution in [0.15, 0.2) is 53.6 Å². The Labute approximate surface area is 127 Å². The summed E-state index contributed by atoms with van der Waals surface area (Å²) in [4.78, 5) is 11.8. The van der Waals surface area contributed by atoms with E-state index in [1.54, 1.807) is 42.5 Å². The molecule has 0 radical (unpaired) electrons. The highest BCUT2D eigenvalue weighted by atomic mass is 16.5. The molecule has 22 heavy (non-hydrogen) atoms. The standard InChI is InChI=1S/C16H16N2O4/c1-22-13-8-7-12(14(19)9-13)10-17-18-16(21)15(20)11-5-3-2-4-6-11/h2-10,15,19-20H,1H3,(H,18,21)/b17-10+/t15-/m1/s1. The summed E-state index contributed by atoms with van der Waals surface area (Å²) < 4.78 is 4.97. The molecule has 2 aromatic carbocycles. The second-order valence-corrected chi connectivity index (χ2v) is 4.47. The normalized spacial score (nSPS) is 12.1. The van der Waals surface area contributed by atoms with Crippen molar-refractivity contribution in [3.05, 3.63) is 59.7 Å². The number of benzene rings is 2. The molecule has 0 fully saturated rings. The first kappa shape index (κ1) is 15.5. The molecule has 3 N–H and O–H groups in total. The summed E-state index contributed by atoms with van der Waals surface area (Å²) in [5.74, 6) is -0.172. The Hall–Kier alpha value is -2.86. The quantitative estimate of drug-likeness (QED) is 0.577. The summed E-state index contributed by atoms with van der Waals surface area (Å²) in [6.07, 6.45) is -0.0208. The fraction of sp³-hybridized carbons (Fsp3) is 0.125. The van der Waals surface area contributed by atoms with Crippen LogP contribution in [-0.4, -0.2) is 29.4 Å². The molecule has 0 saturated heterocycles. The minimum Gasteiger partial charge on any atom is -0.507 e. The van der Waals surface area contributed by atoms with Crippen molar-refractivity contribution in [3.63, 3.8) is 0 Å². The maximum Gasteiger partial charge on any atom is 0.273 e. The van der Waals surface area contributed by atoms with Crippen molar-refractivity contribution in [2.45, 2.75) is 6.10 Å². The van der Waals surface area contributed by atoms with E-state index < -0.39 is 12.0 Å². The van der Waals surface area contributed by atoms with Gasteiger partial charge in [0.25, 0.3) is 5.91 Å². The molecule has 2 aromatic rings. The van der Waals surface area contributed by atoms with Crippen LogP contribution in [0.4, 0.5) is 0 Å².